The van der Waals surface area contributed by atoms with Crippen molar-refractivity contribution in [3.05, 3.63) is 212 Å². The van der Waals surface area contributed by atoms with Gasteiger partial charge in [0.25, 0.3) is 0 Å². The van der Waals surface area contributed by atoms with Crippen molar-refractivity contribution < 1.29 is 4.42 Å². The molecule has 3 aromatic heterocycles. The van der Waals surface area contributed by atoms with E-state index in [4.69, 9.17) is 24.5 Å². The summed E-state index contributed by atoms with van der Waals surface area (Å²) in [7, 11) is 0. The third kappa shape index (κ3) is 6.04. The van der Waals surface area contributed by atoms with Crippen molar-refractivity contribution in [2.75, 3.05) is 0 Å². The van der Waals surface area contributed by atoms with E-state index < -0.39 is 0 Å². The lowest BCUT2D eigenvalue weighted by atomic mass is 9.93. The van der Waals surface area contributed by atoms with Gasteiger partial charge in [-0.15, -0.1) is 0 Å². The summed E-state index contributed by atoms with van der Waals surface area (Å²) >= 11 is 0. The highest BCUT2D eigenvalue weighted by molar-refractivity contribution is 6.17. The predicted molar refractivity (Wildman–Crippen MR) is 252 cm³/mol. The third-order valence-corrected chi connectivity index (χ3v) is 11.7. The zero-order valence-corrected chi connectivity index (χ0v) is 33.4. The quantitative estimate of drug-likeness (QED) is 0.161. The molecule has 0 bridgehead atoms. The first kappa shape index (κ1) is 35.5. The van der Waals surface area contributed by atoms with Crippen LogP contribution in [0.1, 0.15) is 0 Å². The Morgan fingerprint density at radius 1 is 0.371 bits per heavy atom. The van der Waals surface area contributed by atoms with E-state index in [1.165, 1.54) is 0 Å². The Balaban J connectivity index is 1.04. The first-order valence-corrected chi connectivity index (χ1v) is 20.7. The van der Waals surface area contributed by atoms with Crippen LogP contribution in [0.5, 0.6) is 0 Å². The second kappa shape index (κ2) is 14.7. The Labute approximate surface area is 357 Å². The number of nitrogens with zero attached hydrogens (tertiary/aromatic N) is 5. The summed E-state index contributed by atoms with van der Waals surface area (Å²) in [6.45, 7) is 0. The van der Waals surface area contributed by atoms with Crippen LogP contribution in [0.3, 0.4) is 0 Å². The molecular weight excluding hydrogens is 759 g/mol. The van der Waals surface area contributed by atoms with Gasteiger partial charge in [-0.2, -0.15) is 5.10 Å². The molecule has 0 unspecified atom stereocenters. The maximum Gasteiger partial charge on any atom is 0.164 e. The second-order valence-electron chi connectivity index (χ2n) is 15.4. The minimum absolute atomic E-state index is 0.592. The molecule has 0 spiro atoms. The van der Waals surface area contributed by atoms with Gasteiger partial charge in [0, 0.05) is 49.4 Å². The molecule has 62 heavy (non-hydrogen) atoms. The van der Waals surface area contributed by atoms with Crippen molar-refractivity contribution in [1.82, 2.24) is 24.7 Å². The molecular formula is C56H35N5O. The highest BCUT2D eigenvalue weighted by Gasteiger charge is 2.22. The van der Waals surface area contributed by atoms with Crippen molar-refractivity contribution in [2.24, 2.45) is 0 Å². The lowest BCUT2D eigenvalue weighted by Crippen LogP contribution is -2.00. The molecule has 0 aliphatic rings. The Bertz CT molecular complexity index is 3600. The number of para-hydroxylation sites is 3. The van der Waals surface area contributed by atoms with Crippen LogP contribution < -0.4 is 0 Å². The molecule has 290 valence electrons. The second-order valence-corrected chi connectivity index (χ2v) is 15.4. The minimum atomic E-state index is 0.592. The molecule has 6 nitrogen and oxygen atoms in total. The lowest BCUT2D eigenvalue weighted by molar-refractivity contribution is 0.670. The zero-order chi connectivity index (χ0) is 41.0. The molecule has 0 saturated carbocycles. The van der Waals surface area contributed by atoms with E-state index in [1.54, 1.807) is 0 Å². The third-order valence-electron chi connectivity index (χ3n) is 11.7. The van der Waals surface area contributed by atoms with Gasteiger partial charge in [0.05, 0.1) is 11.2 Å². The smallest absolute Gasteiger partial charge is 0.164 e. The normalized spacial score (nSPS) is 11.5. The summed E-state index contributed by atoms with van der Waals surface area (Å²) in [4.78, 5) is 15.4. The topological polar surface area (TPSA) is 69.6 Å². The molecule has 0 atom stereocenters. The van der Waals surface area contributed by atoms with E-state index in [0.717, 1.165) is 99.5 Å². The summed E-state index contributed by atoms with van der Waals surface area (Å²) < 4.78 is 8.48. The van der Waals surface area contributed by atoms with E-state index >= 15 is 0 Å². The molecule has 3 heterocycles. The first-order chi connectivity index (χ1) is 30.7. The first-order valence-electron chi connectivity index (χ1n) is 20.7. The Kier molecular flexibility index (Phi) is 8.38. The molecule has 0 aliphatic heterocycles. The molecule has 0 aliphatic carbocycles. The van der Waals surface area contributed by atoms with Gasteiger partial charge in [-0.3, -0.25) is 0 Å². The van der Waals surface area contributed by atoms with Crippen molar-refractivity contribution in [1.29, 1.82) is 0 Å². The number of fused-ring (bicyclic) bond motifs is 6. The van der Waals surface area contributed by atoms with Crippen LogP contribution in [0.2, 0.25) is 0 Å². The molecule has 0 saturated heterocycles. The van der Waals surface area contributed by atoms with E-state index in [2.05, 4.69) is 156 Å². The molecule has 12 aromatic rings. The molecule has 9 aromatic carbocycles. The summed E-state index contributed by atoms with van der Waals surface area (Å²) in [5, 5.41) is 10.8. The molecule has 0 radical (unpaired) electrons. The van der Waals surface area contributed by atoms with Crippen molar-refractivity contribution in [3.8, 4) is 73.4 Å². The number of hydrogen-bond acceptors (Lipinski definition) is 5. The van der Waals surface area contributed by atoms with Gasteiger partial charge in [0.2, 0.25) is 0 Å². The van der Waals surface area contributed by atoms with E-state index in [9.17, 15) is 0 Å². The van der Waals surface area contributed by atoms with Crippen LogP contribution in [0, 0.1) is 0 Å². The highest BCUT2D eigenvalue weighted by Crippen LogP contribution is 2.43. The van der Waals surface area contributed by atoms with Crippen LogP contribution in [-0.2, 0) is 0 Å². The zero-order valence-electron chi connectivity index (χ0n) is 33.4. The minimum Gasteiger partial charge on any atom is -0.455 e. The van der Waals surface area contributed by atoms with Crippen LogP contribution in [-0.4, -0.2) is 24.7 Å². The average molecular weight is 794 g/mol. The van der Waals surface area contributed by atoms with Gasteiger partial charge in [0.1, 0.15) is 16.9 Å². The molecule has 6 heteroatoms. The van der Waals surface area contributed by atoms with Gasteiger partial charge in [-0.25, -0.2) is 19.6 Å². The standard InChI is InChI=1S/C56H35N5O/c1-5-16-36(17-6-1)48-35-42-34-41(32-33-44(42)52-50(48)51(38-18-7-2-8-19-38)60-61(52)43-22-11-4-12-23-43)56-58-54(39-20-9-3-10-21-39)57-55(59-56)40-30-28-37(29-31-40)45-25-15-26-47-46-24-13-14-27-49(46)62-53(45)47/h1-35H. The van der Waals surface area contributed by atoms with Crippen molar-refractivity contribution in [3.63, 3.8) is 0 Å². The molecule has 12 rings (SSSR count). The van der Waals surface area contributed by atoms with Crippen LogP contribution in [0.25, 0.3) is 117 Å². The largest absolute Gasteiger partial charge is 0.455 e. The summed E-state index contributed by atoms with van der Waals surface area (Å²) in [5.41, 5.74) is 12.8. The monoisotopic (exact) mass is 793 g/mol. The SMILES string of the molecule is c1ccc(-c2nc(-c3ccc(-c4cccc5c4oc4ccccc45)cc3)nc(-c3ccc4c(c3)cc(-c3ccccc3)c3c(-c5ccccc5)nn(-c5ccccc5)c34)n2)cc1. The van der Waals surface area contributed by atoms with Crippen LogP contribution >= 0.6 is 0 Å². The fourth-order valence-electron chi connectivity index (χ4n) is 8.71. The maximum absolute atomic E-state index is 6.38. The fourth-order valence-corrected chi connectivity index (χ4v) is 8.71. The van der Waals surface area contributed by atoms with E-state index in [-0.39, 0.29) is 0 Å². The van der Waals surface area contributed by atoms with Gasteiger partial charge in [0.15, 0.2) is 17.5 Å². The van der Waals surface area contributed by atoms with Crippen LogP contribution in [0.4, 0.5) is 0 Å². The van der Waals surface area contributed by atoms with E-state index in [0.29, 0.717) is 17.5 Å². The number of furan rings is 1. The van der Waals surface area contributed by atoms with Gasteiger partial charge in [-0.05, 0) is 52.4 Å². The molecule has 0 amide bonds. The molecule has 0 fully saturated rings. The Hall–Kier alpha value is -8.48. The van der Waals surface area contributed by atoms with Gasteiger partial charge in [-0.1, -0.05) is 182 Å². The van der Waals surface area contributed by atoms with Crippen molar-refractivity contribution in [2.45, 2.75) is 0 Å². The van der Waals surface area contributed by atoms with Crippen LogP contribution in [0.15, 0.2) is 217 Å². The highest BCUT2D eigenvalue weighted by atomic mass is 16.3. The summed E-state index contributed by atoms with van der Waals surface area (Å²) in [6, 6.07) is 73.3. The van der Waals surface area contributed by atoms with Gasteiger partial charge < -0.3 is 4.42 Å². The number of aromatic nitrogens is 5. The lowest BCUT2D eigenvalue weighted by Gasteiger charge is -2.13. The fraction of sp³-hybridized carbons (Fsp3) is 0. The Morgan fingerprint density at radius 3 is 1.61 bits per heavy atom. The maximum atomic E-state index is 6.38. The van der Waals surface area contributed by atoms with Gasteiger partial charge >= 0.3 is 0 Å². The average Bonchev–Trinajstić information content (AvgIpc) is 3.95. The summed E-state index contributed by atoms with van der Waals surface area (Å²) in [5.74, 6) is 1.80. The number of rotatable bonds is 7. The number of hydrogen-bond donors (Lipinski definition) is 0. The predicted octanol–water partition coefficient (Wildman–Crippen LogP) is 14.3. The molecule has 0 N–H and O–H groups in total. The number of benzene rings is 9. The summed E-state index contributed by atoms with van der Waals surface area (Å²) in [6.07, 6.45) is 0. The van der Waals surface area contributed by atoms with E-state index in [1.807, 2.05) is 60.7 Å². The van der Waals surface area contributed by atoms with Crippen molar-refractivity contribution >= 4 is 43.6 Å². The Morgan fingerprint density at radius 2 is 0.903 bits per heavy atom.